The van der Waals surface area contributed by atoms with Crippen LogP contribution in [0.1, 0.15) is 25.7 Å². The minimum Gasteiger partial charge on any atom is -0.355 e. The van der Waals surface area contributed by atoms with E-state index in [-0.39, 0.29) is 96.0 Å². The number of thioether (sulfide) groups is 1. The molecule has 0 radical (unpaired) electrons. The van der Waals surface area contributed by atoms with Crippen molar-refractivity contribution in [1.82, 2.24) is 16.0 Å². The molecule has 3 amide bonds. The highest BCUT2D eigenvalue weighted by atomic mass is 127. The molecule has 0 saturated carbocycles. The van der Waals surface area contributed by atoms with Crippen molar-refractivity contribution >= 4 is 95.6 Å². The molecular weight excluding hydrogens is 645 g/mol. The van der Waals surface area contributed by atoms with Crippen molar-refractivity contribution in [1.29, 1.82) is 0 Å². The van der Waals surface area contributed by atoms with Crippen molar-refractivity contribution in [2.75, 3.05) is 18.8 Å². The fourth-order valence-corrected chi connectivity index (χ4v) is 4.12. The summed E-state index contributed by atoms with van der Waals surface area (Å²) in [6.07, 6.45) is 3.53. The van der Waals surface area contributed by atoms with Crippen molar-refractivity contribution in [2.24, 2.45) is 5.73 Å². The summed E-state index contributed by atoms with van der Waals surface area (Å²) in [7, 11) is 0. The van der Waals surface area contributed by atoms with Crippen LogP contribution in [0.3, 0.4) is 0 Å². The Morgan fingerprint density at radius 2 is 2.00 bits per heavy atom. The van der Waals surface area contributed by atoms with Crippen LogP contribution < -0.4 is 21.7 Å². The molecule has 0 aliphatic carbocycles. The average molecular weight is 670 g/mol. The molecule has 6 nitrogen and oxygen atoms in total. The molecule has 0 aromatic rings. The molecule has 0 spiro atoms. The van der Waals surface area contributed by atoms with Gasteiger partial charge in [-0.15, -0.1) is 71.9 Å². The number of unbranched alkanes of at least 4 members (excludes halogenated alkanes) is 1. The van der Waals surface area contributed by atoms with E-state index in [0.717, 1.165) is 25.0 Å². The lowest BCUT2D eigenvalue weighted by atomic mass is 10.0. The monoisotopic (exact) mass is 670 g/mol. The summed E-state index contributed by atoms with van der Waals surface area (Å²) < 4.78 is 0. The van der Waals surface area contributed by atoms with Gasteiger partial charge in [-0.25, -0.2) is 4.79 Å². The van der Waals surface area contributed by atoms with E-state index in [9.17, 15) is 9.59 Å². The van der Waals surface area contributed by atoms with E-state index in [4.69, 9.17) is 5.73 Å². The van der Waals surface area contributed by atoms with Gasteiger partial charge < -0.3 is 21.7 Å². The van der Waals surface area contributed by atoms with Gasteiger partial charge in [-0.1, -0.05) is 6.42 Å². The van der Waals surface area contributed by atoms with Gasteiger partial charge in [-0.05, 0) is 12.8 Å². The fraction of sp³-hybridized carbons (Fsp3) is 0.833. The highest BCUT2D eigenvalue weighted by molar-refractivity contribution is 14.0. The van der Waals surface area contributed by atoms with Crippen LogP contribution in [0.15, 0.2) is 0 Å². The Balaban J connectivity index is 0. The first-order chi connectivity index (χ1) is 9.20. The molecular formula is C12H25I3N4O2S. The van der Waals surface area contributed by atoms with E-state index in [1.807, 2.05) is 11.8 Å². The third-order valence-corrected chi connectivity index (χ3v) is 5.06. The summed E-state index contributed by atoms with van der Waals surface area (Å²) in [5, 5.41) is 9.16. The third kappa shape index (κ3) is 7.88. The molecule has 10 heteroatoms. The van der Waals surface area contributed by atoms with Crippen molar-refractivity contribution in [3.63, 3.8) is 0 Å². The molecule has 22 heavy (non-hydrogen) atoms. The second-order valence-electron chi connectivity index (χ2n) is 5.01. The second-order valence-corrected chi connectivity index (χ2v) is 6.28. The lowest BCUT2D eigenvalue weighted by Gasteiger charge is -2.16. The molecule has 0 aromatic heterocycles. The Kier molecular flexibility index (Phi) is 15.7. The molecule has 132 valence electrons. The number of carbonyl (C=O) groups excluding carboxylic acids is 2. The number of hydrogen-bond donors (Lipinski definition) is 4. The van der Waals surface area contributed by atoms with Gasteiger partial charge in [-0.3, -0.25) is 4.79 Å². The summed E-state index contributed by atoms with van der Waals surface area (Å²) in [6.45, 7) is 1.04. The van der Waals surface area contributed by atoms with Crippen LogP contribution in [0, 0.1) is 0 Å². The Hall–Kier alpha value is 1.24. The topological polar surface area (TPSA) is 96.2 Å². The zero-order valence-electron chi connectivity index (χ0n) is 12.2. The number of halogens is 3. The predicted octanol–water partition coefficient (Wildman–Crippen LogP) is 1.64. The van der Waals surface area contributed by atoms with E-state index >= 15 is 0 Å². The number of urea groups is 1. The van der Waals surface area contributed by atoms with Crippen LogP contribution in [-0.4, -0.2) is 48.1 Å². The van der Waals surface area contributed by atoms with Gasteiger partial charge in [0.25, 0.3) is 0 Å². The molecule has 0 bridgehead atoms. The maximum Gasteiger partial charge on any atom is 0.315 e. The number of hydrogen-bond acceptors (Lipinski definition) is 4. The van der Waals surface area contributed by atoms with Gasteiger partial charge in [-0.2, -0.15) is 11.8 Å². The van der Waals surface area contributed by atoms with Crippen molar-refractivity contribution in [3.8, 4) is 0 Å². The Morgan fingerprint density at radius 3 is 2.68 bits per heavy atom. The number of fused-ring (bicyclic) bond motifs is 1. The maximum absolute atomic E-state index is 11.4. The molecule has 0 unspecified atom stereocenters. The zero-order chi connectivity index (χ0) is 13.7. The smallest absolute Gasteiger partial charge is 0.315 e. The van der Waals surface area contributed by atoms with Gasteiger partial charge in [0.05, 0.1) is 12.1 Å². The summed E-state index contributed by atoms with van der Waals surface area (Å²) in [5.41, 5.74) is 5.32. The molecule has 2 rings (SSSR count). The minimum atomic E-state index is -0.0403. The molecule has 3 atom stereocenters. The highest BCUT2D eigenvalue weighted by Crippen LogP contribution is 2.33. The maximum atomic E-state index is 11.4. The van der Waals surface area contributed by atoms with Gasteiger partial charge in [0.15, 0.2) is 0 Å². The van der Waals surface area contributed by atoms with E-state index in [2.05, 4.69) is 16.0 Å². The van der Waals surface area contributed by atoms with E-state index < -0.39 is 0 Å². The quantitative estimate of drug-likeness (QED) is 0.189. The largest absolute Gasteiger partial charge is 0.355 e. The first kappa shape index (κ1) is 25.5. The highest BCUT2D eigenvalue weighted by Gasteiger charge is 2.42. The number of carbonyl (C=O) groups is 2. The zero-order valence-corrected chi connectivity index (χ0v) is 20.0. The van der Waals surface area contributed by atoms with Crippen molar-refractivity contribution in [3.05, 3.63) is 0 Å². The summed E-state index contributed by atoms with van der Waals surface area (Å²) >= 11 is 1.91. The Labute approximate surface area is 187 Å². The standard InChI is InChI=1S/C12H22N4O2S.3HI/c13-5-6-14-10(17)4-2-1-3-9-11-8(7-19-9)15-12(18)16-11;;;/h8-9,11H,1-7,13H2,(H,14,17)(H2,15,16,18);3*1H/t8-,9-,11-;;;/m0.../s1. The average Bonchev–Trinajstić information content (AvgIpc) is 2.92. The molecule has 2 saturated heterocycles. The van der Waals surface area contributed by atoms with Crippen molar-refractivity contribution in [2.45, 2.75) is 43.0 Å². The van der Waals surface area contributed by atoms with Crippen LogP contribution in [0.4, 0.5) is 4.79 Å². The van der Waals surface area contributed by atoms with E-state index in [1.54, 1.807) is 0 Å². The molecule has 2 heterocycles. The molecule has 5 N–H and O–H groups in total. The molecule has 2 aliphatic rings. The predicted molar refractivity (Wildman–Crippen MR) is 122 cm³/mol. The lowest BCUT2D eigenvalue weighted by molar-refractivity contribution is -0.121. The first-order valence-electron chi connectivity index (χ1n) is 6.86. The molecule has 2 fully saturated rings. The number of nitrogens with two attached hydrogens (primary N) is 1. The number of nitrogens with one attached hydrogen (secondary N) is 3. The molecule has 0 aromatic carbocycles. The Morgan fingerprint density at radius 1 is 1.27 bits per heavy atom. The van der Waals surface area contributed by atoms with Crippen molar-refractivity contribution < 1.29 is 9.59 Å². The van der Waals surface area contributed by atoms with E-state index in [0.29, 0.717) is 24.8 Å². The van der Waals surface area contributed by atoms with E-state index in [1.165, 1.54) is 0 Å². The third-order valence-electron chi connectivity index (χ3n) is 3.55. The van der Waals surface area contributed by atoms with Crippen LogP contribution in [-0.2, 0) is 4.79 Å². The van der Waals surface area contributed by atoms with Crippen LogP contribution in [0.2, 0.25) is 0 Å². The van der Waals surface area contributed by atoms with Gasteiger partial charge in [0, 0.05) is 30.5 Å². The second kappa shape index (κ2) is 13.5. The Bertz CT molecular complexity index is 352. The van der Waals surface area contributed by atoms with Crippen LogP contribution >= 0.6 is 83.7 Å². The lowest BCUT2D eigenvalue weighted by Crippen LogP contribution is -2.36. The summed E-state index contributed by atoms with van der Waals surface area (Å²) in [6, 6.07) is 0.514. The van der Waals surface area contributed by atoms with Crippen LogP contribution in [0.25, 0.3) is 0 Å². The summed E-state index contributed by atoms with van der Waals surface area (Å²) in [4.78, 5) is 22.6. The minimum absolute atomic E-state index is 0. The van der Waals surface area contributed by atoms with Crippen LogP contribution in [0.5, 0.6) is 0 Å². The molecule has 2 aliphatic heterocycles. The first-order valence-corrected chi connectivity index (χ1v) is 7.91. The SMILES string of the molecule is I.I.I.NCCNC(=O)CCCC[C@@H]1SC[C@@H]2NC(=O)N[C@@H]21. The normalized spacial score (nSPS) is 24.8. The van der Waals surface area contributed by atoms with Gasteiger partial charge in [0.2, 0.25) is 5.91 Å². The van der Waals surface area contributed by atoms with Gasteiger partial charge in [0.1, 0.15) is 0 Å². The fourth-order valence-electron chi connectivity index (χ4n) is 2.57. The summed E-state index contributed by atoms with van der Waals surface area (Å²) in [5.74, 6) is 1.07. The van der Waals surface area contributed by atoms with Gasteiger partial charge >= 0.3 is 6.03 Å². The number of amides is 3. The number of rotatable bonds is 7.